The second-order valence-electron chi connectivity index (χ2n) is 8.39. The van der Waals surface area contributed by atoms with E-state index in [9.17, 15) is 16.8 Å². The van der Waals surface area contributed by atoms with Gasteiger partial charge in [0.25, 0.3) is 10.0 Å². The number of rotatable bonds is 9. The first-order chi connectivity index (χ1) is 17.4. The number of sulfonamides is 1. The molecule has 3 aromatic heterocycles. The lowest BCUT2D eigenvalue weighted by Crippen LogP contribution is -2.16. The summed E-state index contributed by atoms with van der Waals surface area (Å²) >= 11 is 0. The summed E-state index contributed by atoms with van der Waals surface area (Å²) in [5.74, 6) is -0.988. The van der Waals surface area contributed by atoms with E-state index in [1.807, 2.05) is 0 Å². The zero-order chi connectivity index (χ0) is 27.1. The minimum Gasteiger partial charge on any atom is -0.492 e. The second kappa shape index (κ2) is 9.67. The smallest absolute Gasteiger partial charge is 0.265 e. The van der Waals surface area contributed by atoms with Crippen molar-refractivity contribution >= 4 is 31.2 Å². The highest BCUT2D eigenvalue weighted by Crippen LogP contribution is 2.37. The lowest BCUT2D eigenvalue weighted by Gasteiger charge is -2.16. The van der Waals surface area contributed by atoms with Gasteiger partial charge >= 0.3 is 0 Å². The molecule has 0 saturated heterocycles. The van der Waals surface area contributed by atoms with Crippen LogP contribution in [0.25, 0.3) is 16.9 Å². The van der Waals surface area contributed by atoms with Crippen molar-refractivity contribution in [3.8, 4) is 22.8 Å². The maximum atomic E-state index is 15.1. The molecule has 0 bridgehead atoms. The minimum absolute atomic E-state index is 0.0393. The molecule has 1 N–H and O–H groups in total. The van der Waals surface area contributed by atoms with E-state index in [1.165, 1.54) is 46.9 Å². The van der Waals surface area contributed by atoms with Crippen molar-refractivity contribution in [2.24, 2.45) is 7.05 Å². The summed E-state index contributed by atoms with van der Waals surface area (Å²) in [5, 5.41) is 3.14. The first-order valence-electron chi connectivity index (χ1n) is 11.2. The largest absolute Gasteiger partial charge is 0.492 e. The van der Waals surface area contributed by atoms with Crippen molar-refractivity contribution in [1.82, 2.24) is 19.2 Å². The molecule has 0 unspecified atom stereocenters. The molecule has 0 aliphatic carbocycles. The number of hydrogen-bond donors (Lipinski definition) is 1. The molecule has 4 rings (SSSR count). The fourth-order valence-electron chi connectivity index (χ4n) is 3.70. The number of benzene rings is 1. The van der Waals surface area contributed by atoms with Crippen molar-refractivity contribution in [3.05, 3.63) is 48.8 Å². The molecule has 0 aliphatic rings. The molecule has 0 saturated carbocycles. The highest BCUT2D eigenvalue weighted by atomic mass is 32.2. The molecular weight excluding hydrogens is 525 g/mol. The predicted octanol–water partition coefficient (Wildman–Crippen LogP) is 3.26. The number of nitrogens with zero attached hydrogens (tertiary/aromatic N) is 4. The Kier molecular flexibility index (Phi) is 6.90. The standard InChI is InChI=1S/C23H26FN5O6S2/c1-6-35-20-9-22-25-11-19(29(22)13-21(20)36(30,31)14(2)3)15-7-17(24)23(34-5)18(8-15)27-37(32,33)16-10-26-28(4)12-16/h7-14,27H,6H2,1-5H3. The molecule has 0 aliphatic heterocycles. The summed E-state index contributed by atoms with van der Waals surface area (Å²) in [6.07, 6.45) is 5.26. The number of methoxy groups -OCH3 is 1. The highest BCUT2D eigenvalue weighted by Gasteiger charge is 2.27. The Morgan fingerprint density at radius 3 is 2.43 bits per heavy atom. The summed E-state index contributed by atoms with van der Waals surface area (Å²) in [6, 6.07) is 4.03. The van der Waals surface area contributed by atoms with Crippen LogP contribution >= 0.6 is 0 Å². The number of hydrogen-bond acceptors (Lipinski definition) is 8. The van der Waals surface area contributed by atoms with Gasteiger partial charge in [-0.2, -0.15) is 5.10 Å². The van der Waals surface area contributed by atoms with Crippen LogP contribution in [0.15, 0.2) is 52.8 Å². The van der Waals surface area contributed by atoms with Crippen LogP contribution in [0.2, 0.25) is 0 Å². The van der Waals surface area contributed by atoms with Gasteiger partial charge in [-0.05, 0) is 32.9 Å². The van der Waals surface area contributed by atoms with E-state index in [4.69, 9.17) is 9.47 Å². The lowest BCUT2D eigenvalue weighted by atomic mass is 10.1. The Bertz CT molecular complexity index is 1690. The van der Waals surface area contributed by atoms with E-state index in [1.54, 1.807) is 27.8 Å². The van der Waals surface area contributed by atoms with E-state index < -0.39 is 30.9 Å². The minimum atomic E-state index is -4.12. The quantitative estimate of drug-likeness (QED) is 0.335. The number of imidazole rings is 1. The number of sulfone groups is 1. The van der Waals surface area contributed by atoms with Gasteiger partial charge in [0, 0.05) is 31.1 Å². The zero-order valence-corrected chi connectivity index (χ0v) is 22.4. The molecule has 0 fully saturated rings. The van der Waals surface area contributed by atoms with Gasteiger partial charge in [0.1, 0.15) is 21.2 Å². The third-order valence-electron chi connectivity index (χ3n) is 5.58. The van der Waals surface area contributed by atoms with Crippen LogP contribution in [-0.4, -0.2) is 55.0 Å². The van der Waals surface area contributed by atoms with Crippen LogP contribution in [-0.2, 0) is 26.9 Å². The van der Waals surface area contributed by atoms with Crippen LogP contribution in [0.4, 0.5) is 10.1 Å². The molecule has 0 amide bonds. The van der Waals surface area contributed by atoms with Crippen LogP contribution in [0.3, 0.4) is 0 Å². The van der Waals surface area contributed by atoms with E-state index in [-0.39, 0.29) is 39.1 Å². The van der Waals surface area contributed by atoms with Gasteiger partial charge < -0.3 is 9.47 Å². The fraction of sp³-hybridized carbons (Fsp3) is 0.304. The maximum absolute atomic E-state index is 15.1. The molecule has 11 nitrogen and oxygen atoms in total. The number of ether oxygens (including phenoxy) is 2. The topological polar surface area (TPSA) is 134 Å². The average Bonchev–Trinajstić information content (AvgIpc) is 3.44. The summed E-state index contributed by atoms with van der Waals surface area (Å²) in [6.45, 7) is 5.10. The first kappa shape index (κ1) is 26.4. The number of anilines is 1. The molecule has 198 valence electrons. The second-order valence-corrected chi connectivity index (χ2v) is 12.5. The molecule has 37 heavy (non-hydrogen) atoms. The monoisotopic (exact) mass is 551 g/mol. The zero-order valence-electron chi connectivity index (χ0n) is 20.8. The Balaban J connectivity index is 1.89. The SMILES string of the molecule is CCOc1cc2ncc(-c3cc(F)c(OC)c(NS(=O)(=O)c4cnn(C)c4)c3)n2cc1S(=O)(=O)C(C)C. The Morgan fingerprint density at radius 1 is 1.11 bits per heavy atom. The van der Waals surface area contributed by atoms with Crippen molar-refractivity contribution < 1.29 is 30.7 Å². The Morgan fingerprint density at radius 2 is 1.84 bits per heavy atom. The number of halogens is 1. The van der Waals surface area contributed by atoms with Gasteiger partial charge in [-0.25, -0.2) is 26.2 Å². The van der Waals surface area contributed by atoms with Gasteiger partial charge in [-0.15, -0.1) is 0 Å². The molecule has 14 heteroatoms. The number of aromatic nitrogens is 4. The summed E-state index contributed by atoms with van der Waals surface area (Å²) in [4.78, 5) is 4.16. The molecule has 0 spiro atoms. The molecular formula is C23H26FN5O6S2. The van der Waals surface area contributed by atoms with Gasteiger partial charge in [0.2, 0.25) is 0 Å². The summed E-state index contributed by atoms with van der Waals surface area (Å²) in [5.41, 5.74) is 0.750. The molecule has 4 aromatic rings. The van der Waals surface area contributed by atoms with Crippen LogP contribution in [0.5, 0.6) is 11.5 Å². The highest BCUT2D eigenvalue weighted by molar-refractivity contribution is 7.92. The summed E-state index contributed by atoms with van der Waals surface area (Å²) in [7, 11) is -5.08. The number of pyridine rings is 1. The van der Waals surface area contributed by atoms with Crippen LogP contribution in [0, 0.1) is 5.82 Å². The first-order valence-corrected chi connectivity index (χ1v) is 14.2. The van der Waals surface area contributed by atoms with E-state index >= 15 is 4.39 Å². The van der Waals surface area contributed by atoms with Crippen LogP contribution in [0.1, 0.15) is 20.8 Å². The van der Waals surface area contributed by atoms with Crippen molar-refractivity contribution in [2.75, 3.05) is 18.4 Å². The fourth-order valence-corrected chi connectivity index (χ4v) is 5.90. The molecule has 0 atom stereocenters. The van der Waals surface area contributed by atoms with E-state index in [0.717, 1.165) is 12.3 Å². The third-order valence-corrected chi connectivity index (χ3v) is 9.06. The maximum Gasteiger partial charge on any atom is 0.265 e. The van der Waals surface area contributed by atoms with E-state index in [0.29, 0.717) is 11.3 Å². The van der Waals surface area contributed by atoms with Gasteiger partial charge in [-0.3, -0.25) is 13.8 Å². The average molecular weight is 552 g/mol. The predicted molar refractivity (Wildman–Crippen MR) is 135 cm³/mol. The third kappa shape index (κ3) is 4.85. The van der Waals surface area contributed by atoms with Gasteiger partial charge in [0.15, 0.2) is 21.4 Å². The van der Waals surface area contributed by atoms with Crippen molar-refractivity contribution in [1.29, 1.82) is 0 Å². The van der Waals surface area contributed by atoms with Gasteiger partial charge in [0.05, 0.1) is 42.7 Å². The van der Waals surface area contributed by atoms with Crippen molar-refractivity contribution in [3.63, 3.8) is 0 Å². The number of aryl methyl sites for hydroxylation is 1. The normalized spacial score (nSPS) is 12.3. The summed E-state index contributed by atoms with van der Waals surface area (Å²) < 4.78 is 82.8. The molecule has 1 aromatic carbocycles. The Hall–Kier alpha value is -3.65. The Labute approximate surface area is 213 Å². The lowest BCUT2D eigenvalue weighted by molar-refractivity contribution is 0.330. The number of nitrogens with one attached hydrogen (secondary N) is 1. The van der Waals surface area contributed by atoms with Crippen LogP contribution < -0.4 is 14.2 Å². The number of fused-ring (bicyclic) bond motifs is 1. The molecule has 0 radical (unpaired) electrons. The van der Waals surface area contributed by atoms with E-state index in [2.05, 4.69) is 14.8 Å². The van der Waals surface area contributed by atoms with Gasteiger partial charge in [-0.1, -0.05) is 0 Å². The molecule has 3 heterocycles. The van der Waals surface area contributed by atoms with Crippen molar-refractivity contribution in [2.45, 2.75) is 35.8 Å².